The highest BCUT2D eigenvalue weighted by Crippen LogP contribution is 2.18. The Morgan fingerprint density at radius 2 is 2.05 bits per heavy atom. The van der Waals surface area contributed by atoms with Gasteiger partial charge >= 0.3 is 6.03 Å². The third-order valence-corrected chi connectivity index (χ3v) is 3.05. The zero-order chi connectivity index (χ0) is 16.3. The van der Waals surface area contributed by atoms with Crippen LogP contribution in [-0.2, 0) is 11.3 Å². The Bertz CT molecular complexity index is 727. The summed E-state index contributed by atoms with van der Waals surface area (Å²) in [5.41, 5.74) is 7.14. The summed E-state index contributed by atoms with van der Waals surface area (Å²) in [6.07, 6.45) is 1.56. The molecule has 116 valence electrons. The van der Waals surface area contributed by atoms with Gasteiger partial charge in [-0.05, 0) is 25.5 Å². The topological polar surface area (TPSA) is 115 Å². The number of nitrogens with zero attached hydrogens (tertiary/aromatic N) is 3. The molecule has 0 unspecified atom stereocenters. The molecule has 22 heavy (non-hydrogen) atoms. The number of hydrogen-bond donors (Lipinski definition) is 3. The summed E-state index contributed by atoms with van der Waals surface area (Å²) in [4.78, 5) is 26.8. The molecule has 0 aliphatic carbocycles. The van der Waals surface area contributed by atoms with E-state index in [0.717, 1.165) is 5.56 Å². The Balaban J connectivity index is 2.06. The molecule has 2 aromatic rings. The van der Waals surface area contributed by atoms with Gasteiger partial charge in [0.15, 0.2) is 5.82 Å². The third-order valence-electron chi connectivity index (χ3n) is 2.85. The summed E-state index contributed by atoms with van der Waals surface area (Å²) < 4.78 is 1.41. The van der Waals surface area contributed by atoms with Crippen molar-refractivity contribution in [2.24, 2.45) is 5.73 Å². The van der Waals surface area contributed by atoms with Crippen LogP contribution in [-0.4, -0.2) is 26.7 Å². The van der Waals surface area contributed by atoms with Crippen LogP contribution in [0.2, 0.25) is 5.15 Å². The number of primary amides is 1. The van der Waals surface area contributed by atoms with Crippen LogP contribution in [0.1, 0.15) is 11.3 Å². The lowest BCUT2D eigenvalue weighted by atomic mass is 10.2. The maximum Gasteiger partial charge on any atom is 0.324 e. The number of amides is 3. The average molecular weight is 323 g/mol. The molecule has 8 nitrogen and oxygen atoms in total. The van der Waals surface area contributed by atoms with E-state index in [-0.39, 0.29) is 11.7 Å². The average Bonchev–Trinajstić information content (AvgIpc) is 2.73. The molecule has 3 amide bonds. The van der Waals surface area contributed by atoms with Crippen molar-refractivity contribution in [1.29, 1.82) is 0 Å². The Morgan fingerprint density at radius 3 is 2.73 bits per heavy atom. The van der Waals surface area contributed by atoms with Gasteiger partial charge in [-0.25, -0.2) is 9.78 Å². The van der Waals surface area contributed by atoms with Crippen LogP contribution in [0, 0.1) is 13.8 Å². The minimum atomic E-state index is -0.510. The van der Waals surface area contributed by atoms with Crippen LogP contribution in [0.5, 0.6) is 0 Å². The molecule has 2 aromatic heterocycles. The van der Waals surface area contributed by atoms with Gasteiger partial charge in [0.1, 0.15) is 11.7 Å². The van der Waals surface area contributed by atoms with Crippen molar-refractivity contribution < 1.29 is 9.59 Å². The second kappa shape index (κ2) is 6.44. The van der Waals surface area contributed by atoms with E-state index >= 15 is 0 Å². The standard InChI is InChI=1S/C13H15ClN6O2/c1-7-5-16-10(14)4-9(7)17-13(22)18-12-3-8(2)20(19-12)6-11(15)21/h3-5H,6H2,1-2H3,(H2,15,21)(H2,16,17,18,19,22). The molecule has 4 N–H and O–H groups in total. The first kappa shape index (κ1) is 15.8. The number of hydrogen-bond acceptors (Lipinski definition) is 4. The number of nitrogens with two attached hydrogens (primary N) is 1. The first-order valence-corrected chi connectivity index (χ1v) is 6.76. The van der Waals surface area contributed by atoms with Crippen molar-refractivity contribution in [1.82, 2.24) is 14.8 Å². The van der Waals surface area contributed by atoms with Gasteiger partial charge in [-0.15, -0.1) is 0 Å². The van der Waals surface area contributed by atoms with Crippen molar-refractivity contribution >= 4 is 35.0 Å². The van der Waals surface area contributed by atoms with Gasteiger partial charge in [-0.3, -0.25) is 14.8 Å². The summed E-state index contributed by atoms with van der Waals surface area (Å²) >= 11 is 5.79. The molecule has 0 bridgehead atoms. The van der Waals surface area contributed by atoms with Crippen LogP contribution in [0.25, 0.3) is 0 Å². The molecule has 2 heterocycles. The van der Waals surface area contributed by atoms with E-state index in [1.165, 1.54) is 4.68 Å². The van der Waals surface area contributed by atoms with Crippen molar-refractivity contribution in [3.05, 3.63) is 34.7 Å². The van der Waals surface area contributed by atoms with Crippen molar-refractivity contribution in [2.45, 2.75) is 20.4 Å². The zero-order valence-corrected chi connectivity index (χ0v) is 12.8. The second-order valence-corrected chi connectivity index (χ2v) is 5.08. The summed E-state index contributed by atoms with van der Waals surface area (Å²) in [6, 6.07) is 2.71. The van der Waals surface area contributed by atoms with Gasteiger partial charge < -0.3 is 11.1 Å². The number of aryl methyl sites for hydroxylation is 2. The zero-order valence-electron chi connectivity index (χ0n) is 12.1. The van der Waals surface area contributed by atoms with E-state index in [9.17, 15) is 9.59 Å². The Labute approximate surface area is 131 Å². The summed E-state index contributed by atoms with van der Waals surface area (Å²) in [5.74, 6) is -0.196. The Hall–Kier alpha value is -2.61. The Morgan fingerprint density at radius 1 is 1.32 bits per heavy atom. The quantitative estimate of drug-likeness (QED) is 0.743. The molecular formula is C13H15ClN6O2. The lowest BCUT2D eigenvalue weighted by Gasteiger charge is -2.08. The van der Waals surface area contributed by atoms with Gasteiger partial charge in [0.25, 0.3) is 0 Å². The van der Waals surface area contributed by atoms with Crippen molar-refractivity contribution in [2.75, 3.05) is 10.6 Å². The number of aromatic nitrogens is 3. The largest absolute Gasteiger partial charge is 0.368 e. The second-order valence-electron chi connectivity index (χ2n) is 4.70. The number of anilines is 2. The van der Waals surface area contributed by atoms with Crippen LogP contribution >= 0.6 is 11.6 Å². The fraction of sp³-hybridized carbons (Fsp3) is 0.231. The number of nitrogens with one attached hydrogen (secondary N) is 2. The molecule has 0 radical (unpaired) electrons. The maximum absolute atomic E-state index is 12.0. The number of urea groups is 1. The van der Waals surface area contributed by atoms with Crippen LogP contribution in [0.4, 0.5) is 16.3 Å². The SMILES string of the molecule is Cc1cnc(Cl)cc1NC(=O)Nc1cc(C)n(CC(N)=O)n1. The van der Waals surface area contributed by atoms with E-state index < -0.39 is 11.9 Å². The Kier molecular flexibility index (Phi) is 4.62. The number of pyridine rings is 1. The first-order chi connectivity index (χ1) is 10.3. The number of halogens is 1. The molecule has 2 rings (SSSR count). The normalized spacial score (nSPS) is 10.3. The molecule has 0 saturated carbocycles. The van der Waals surface area contributed by atoms with Crippen LogP contribution in [0.3, 0.4) is 0 Å². The molecule has 0 aliphatic heterocycles. The predicted molar refractivity (Wildman–Crippen MR) is 82.8 cm³/mol. The van der Waals surface area contributed by atoms with E-state index in [1.54, 1.807) is 32.2 Å². The molecule has 0 aromatic carbocycles. The third kappa shape index (κ3) is 3.95. The van der Waals surface area contributed by atoms with E-state index in [2.05, 4.69) is 20.7 Å². The first-order valence-electron chi connectivity index (χ1n) is 6.38. The fourth-order valence-corrected chi connectivity index (χ4v) is 1.94. The fourth-order valence-electron chi connectivity index (χ4n) is 1.78. The van der Waals surface area contributed by atoms with Crippen LogP contribution in [0.15, 0.2) is 18.3 Å². The van der Waals surface area contributed by atoms with E-state index in [1.807, 2.05) is 0 Å². The lowest BCUT2D eigenvalue weighted by Crippen LogP contribution is -2.22. The van der Waals surface area contributed by atoms with E-state index in [4.69, 9.17) is 17.3 Å². The highest BCUT2D eigenvalue weighted by molar-refractivity contribution is 6.29. The monoisotopic (exact) mass is 322 g/mol. The molecule has 0 fully saturated rings. The highest BCUT2D eigenvalue weighted by Gasteiger charge is 2.10. The number of carbonyl (C=O) groups is 2. The van der Waals surface area contributed by atoms with Gasteiger partial charge in [0.2, 0.25) is 5.91 Å². The van der Waals surface area contributed by atoms with Gasteiger partial charge in [-0.1, -0.05) is 11.6 Å². The van der Waals surface area contributed by atoms with Gasteiger partial charge in [0, 0.05) is 23.6 Å². The molecular weight excluding hydrogens is 308 g/mol. The molecule has 9 heteroatoms. The summed E-state index contributed by atoms with van der Waals surface area (Å²) in [7, 11) is 0. The maximum atomic E-state index is 12.0. The molecule has 0 aliphatic rings. The minimum Gasteiger partial charge on any atom is -0.368 e. The highest BCUT2D eigenvalue weighted by atomic mass is 35.5. The van der Waals surface area contributed by atoms with Crippen molar-refractivity contribution in [3.8, 4) is 0 Å². The lowest BCUT2D eigenvalue weighted by molar-refractivity contribution is -0.118. The van der Waals surface area contributed by atoms with Crippen LogP contribution < -0.4 is 16.4 Å². The summed E-state index contributed by atoms with van der Waals surface area (Å²) in [6.45, 7) is 3.50. The smallest absolute Gasteiger partial charge is 0.324 e. The summed E-state index contributed by atoms with van der Waals surface area (Å²) in [5, 5.41) is 9.58. The molecule has 0 saturated heterocycles. The number of carbonyl (C=O) groups excluding carboxylic acids is 2. The van der Waals surface area contributed by atoms with Crippen molar-refractivity contribution in [3.63, 3.8) is 0 Å². The van der Waals surface area contributed by atoms with Gasteiger partial charge in [0.05, 0.1) is 0 Å². The van der Waals surface area contributed by atoms with E-state index in [0.29, 0.717) is 17.2 Å². The predicted octanol–water partition coefficient (Wildman–Crippen LogP) is 1.68. The minimum absolute atomic E-state index is 0.0474. The molecule has 0 atom stereocenters. The molecule has 0 spiro atoms. The number of rotatable bonds is 4. The van der Waals surface area contributed by atoms with Gasteiger partial charge in [-0.2, -0.15) is 5.10 Å².